The van der Waals surface area contributed by atoms with Gasteiger partial charge in [0.05, 0.1) is 13.7 Å². The van der Waals surface area contributed by atoms with Crippen molar-refractivity contribution < 1.29 is 23.5 Å². The Morgan fingerprint density at radius 2 is 1.87 bits per heavy atom. The number of hydrogen-bond acceptors (Lipinski definition) is 4. The van der Waals surface area contributed by atoms with Gasteiger partial charge in [0.2, 0.25) is 0 Å². The first-order valence-corrected chi connectivity index (χ1v) is 9.90. The second-order valence-corrected chi connectivity index (χ2v) is 7.42. The van der Waals surface area contributed by atoms with E-state index < -0.39 is 23.3 Å². The third kappa shape index (κ3) is 3.92. The molecular formula is C23H25FN2O4. The maximum atomic E-state index is 13.5. The lowest BCUT2D eigenvalue weighted by Gasteiger charge is -2.27. The van der Waals surface area contributed by atoms with E-state index in [2.05, 4.69) is 5.32 Å². The third-order valence-electron chi connectivity index (χ3n) is 5.43. The molecule has 1 heterocycles. The number of carbonyl (C=O) groups is 3. The van der Waals surface area contributed by atoms with Gasteiger partial charge in [0.25, 0.3) is 5.91 Å². The van der Waals surface area contributed by atoms with Crippen molar-refractivity contribution >= 4 is 17.7 Å². The van der Waals surface area contributed by atoms with Gasteiger partial charge in [-0.1, -0.05) is 31.9 Å². The predicted molar refractivity (Wildman–Crippen MR) is 110 cm³/mol. The first-order valence-electron chi connectivity index (χ1n) is 9.90. The molecule has 2 aromatic carbocycles. The summed E-state index contributed by atoms with van der Waals surface area (Å²) in [7, 11) is 1.49. The van der Waals surface area contributed by atoms with Gasteiger partial charge >= 0.3 is 6.03 Å². The molecule has 6 nitrogen and oxygen atoms in total. The minimum Gasteiger partial charge on any atom is -0.496 e. The Morgan fingerprint density at radius 1 is 1.17 bits per heavy atom. The van der Waals surface area contributed by atoms with Crippen LogP contribution in [0.25, 0.3) is 0 Å². The van der Waals surface area contributed by atoms with Crippen molar-refractivity contribution in [2.24, 2.45) is 0 Å². The van der Waals surface area contributed by atoms with E-state index in [0.29, 0.717) is 35.3 Å². The van der Waals surface area contributed by atoms with E-state index in [1.54, 1.807) is 18.2 Å². The van der Waals surface area contributed by atoms with E-state index in [9.17, 15) is 18.8 Å². The van der Waals surface area contributed by atoms with Crippen LogP contribution in [0.15, 0.2) is 42.5 Å². The lowest BCUT2D eigenvalue weighted by atomic mass is 9.84. The molecule has 0 saturated carbocycles. The average Bonchev–Trinajstić information content (AvgIpc) is 2.97. The Morgan fingerprint density at radius 3 is 2.47 bits per heavy atom. The third-order valence-corrected chi connectivity index (χ3v) is 5.43. The molecule has 3 rings (SSSR count). The first kappa shape index (κ1) is 21.5. The van der Waals surface area contributed by atoms with Crippen LogP contribution in [0, 0.1) is 5.82 Å². The van der Waals surface area contributed by atoms with Crippen molar-refractivity contribution in [1.29, 1.82) is 0 Å². The minimum absolute atomic E-state index is 0.0377. The Hall–Kier alpha value is -3.22. The Labute approximate surface area is 175 Å². The molecule has 0 radical (unpaired) electrons. The van der Waals surface area contributed by atoms with Crippen molar-refractivity contribution in [2.45, 2.75) is 45.2 Å². The zero-order chi connectivity index (χ0) is 21.9. The van der Waals surface area contributed by atoms with E-state index in [1.165, 1.54) is 38.3 Å². The van der Waals surface area contributed by atoms with Crippen LogP contribution in [0.5, 0.6) is 5.75 Å². The van der Waals surface area contributed by atoms with Gasteiger partial charge in [-0.2, -0.15) is 0 Å². The number of carbonyl (C=O) groups excluding carboxylic acids is 3. The number of unbranched alkanes of at least 4 members (excludes halogenated alkanes) is 1. The van der Waals surface area contributed by atoms with E-state index >= 15 is 0 Å². The summed E-state index contributed by atoms with van der Waals surface area (Å²) < 4.78 is 18.8. The smallest absolute Gasteiger partial charge is 0.325 e. The quantitative estimate of drug-likeness (QED) is 0.521. The van der Waals surface area contributed by atoms with Crippen LogP contribution < -0.4 is 10.1 Å². The van der Waals surface area contributed by atoms with Crippen molar-refractivity contribution in [3.63, 3.8) is 0 Å². The SMILES string of the molecule is CCCC[C@]1(c2ccc(F)cc2)NC(=O)N(Cc2cc(C(C)=O)ccc2OC)C1=O. The van der Waals surface area contributed by atoms with Crippen molar-refractivity contribution in [3.8, 4) is 5.75 Å². The minimum atomic E-state index is -1.24. The lowest BCUT2D eigenvalue weighted by molar-refractivity contribution is -0.132. The van der Waals surface area contributed by atoms with Gasteiger partial charge in [0, 0.05) is 11.1 Å². The second kappa shape index (κ2) is 8.65. The number of benzene rings is 2. The molecular weight excluding hydrogens is 387 g/mol. The summed E-state index contributed by atoms with van der Waals surface area (Å²) in [5.41, 5.74) is 0.321. The van der Waals surface area contributed by atoms with E-state index in [1.807, 2.05) is 6.92 Å². The number of ether oxygens (including phenoxy) is 1. The highest BCUT2D eigenvalue weighted by atomic mass is 19.1. The van der Waals surface area contributed by atoms with E-state index in [0.717, 1.165) is 11.3 Å². The number of urea groups is 1. The van der Waals surface area contributed by atoms with Gasteiger partial charge in [0.15, 0.2) is 5.78 Å². The average molecular weight is 412 g/mol. The van der Waals surface area contributed by atoms with Crippen LogP contribution in [0.1, 0.15) is 54.6 Å². The summed E-state index contributed by atoms with van der Waals surface area (Å²) in [5, 5.41) is 2.84. The molecule has 1 aliphatic heterocycles. The maximum absolute atomic E-state index is 13.5. The number of ketones is 1. The molecule has 1 saturated heterocycles. The molecule has 0 unspecified atom stereocenters. The molecule has 0 spiro atoms. The van der Waals surface area contributed by atoms with Crippen LogP contribution in [0.4, 0.5) is 9.18 Å². The zero-order valence-corrected chi connectivity index (χ0v) is 17.3. The lowest BCUT2D eigenvalue weighted by Crippen LogP contribution is -2.44. The summed E-state index contributed by atoms with van der Waals surface area (Å²) >= 11 is 0. The fraction of sp³-hybridized carbons (Fsp3) is 0.348. The van der Waals surface area contributed by atoms with Gasteiger partial charge in [-0.25, -0.2) is 9.18 Å². The van der Waals surface area contributed by atoms with Gasteiger partial charge in [-0.3, -0.25) is 14.5 Å². The normalized spacial score (nSPS) is 18.5. The summed E-state index contributed by atoms with van der Waals surface area (Å²) in [4.78, 5) is 39.2. The molecule has 7 heteroatoms. The number of rotatable bonds is 8. The van der Waals surface area contributed by atoms with Gasteiger partial charge in [-0.15, -0.1) is 0 Å². The number of methoxy groups -OCH3 is 1. The molecule has 0 aliphatic carbocycles. The highest BCUT2D eigenvalue weighted by molar-refractivity contribution is 6.07. The summed E-state index contributed by atoms with van der Waals surface area (Å²) in [6.07, 6.45) is 1.95. The summed E-state index contributed by atoms with van der Waals surface area (Å²) in [6, 6.07) is 10.0. The number of amides is 3. The highest BCUT2D eigenvalue weighted by Crippen LogP contribution is 2.36. The molecule has 2 aromatic rings. The standard InChI is InChI=1S/C23H25FN2O4/c1-4-5-12-23(18-7-9-19(24)10-8-18)21(28)26(22(29)25-23)14-17-13-16(15(2)27)6-11-20(17)30-3/h6-11,13H,4-5,12,14H2,1-3H3,(H,25,29)/t23-/m1/s1. The summed E-state index contributed by atoms with van der Waals surface area (Å²) in [5.74, 6) is -0.459. The van der Waals surface area contributed by atoms with Crippen LogP contribution in [0.3, 0.4) is 0 Å². The number of imide groups is 1. The summed E-state index contributed by atoms with van der Waals surface area (Å²) in [6.45, 7) is 3.41. The number of nitrogens with one attached hydrogen (secondary N) is 1. The fourth-order valence-electron chi connectivity index (χ4n) is 3.75. The largest absolute Gasteiger partial charge is 0.496 e. The number of halogens is 1. The van der Waals surface area contributed by atoms with E-state index in [4.69, 9.17) is 4.74 Å². The number of Topliss-reactive ketones (excluding diaryl/α,β-unsaturated/α-hetero) is 1. The van der Waals surface area contributed by atoms with Crippen LogP contribution >= 0.6 is 0 Å². The topological polar surface area (TPSA) is 75.7 Å². The fourth-order valence-corrected chi connectivity index (χ4v) is 3.75. The van der Waals surface area contributed by atoms with Crippen LogP contribution in [0.2, 0.25) is 0 Å². The zero-order valence-electron chi connectivity index (χ0n) is 17.3. The maximum Gasteiger partial charge on any atom is 0.325 e. The predicted octanol–water partition coefficient (Wildman–Crippen LogP) is 4.17. The molecule has 0 bridgehead atoms. The molecule has 3 amide bonds. The van der Waals surface area contributed by atoms with Crippen molar-refractivity contribution in [1.82, 2.24) is 10.2 Å². The molecule has 158 valence electrons. The molecule has 0 aromatic heterocycles. The molecule has 1 aliphatic rings. The van der Waals surface area contributed by atoms with E-state index in [-0.39, 0.29) is 12.3 Å². The number of nitrogens with zero attached hydrogens (tertiary/aromatic N) is 1. The van der Waals surface area contributed by atoms with Crippen molar-refractivity contribution in [3.05, 3.63) is 65.0 Å². The van der Waals surface area contributed by atoms with Gasteiger partial charge < -0.3 is 10.1 Å². The molecule has 1 atom stereocenters. The molecule has 30 heavy (non-hydrogen) atoms. The molecule has 1 N–H and O–H groups in total. The van der Waals surface area contributed by atoms with Gasteiger partial charge in [0.1, 0.15) is 17.1 Å². The Kier molecular flexibility index (Phi) is 6.20. The Bertz CT molecular complexity index is 974. The first-order chi connectivity index (χ1) is 14.3. The van der Waals surface area contributed by atoms with Crippen molar-refractivity contribution in [2.75, 3.05) is 7.11 Å². The molecule has 1 fully saturated rings. The monoisotopic (exact) mass is 412 g/mol. The van der Waals surface area contributed by atoms with Crippen LogP contribution in [-0.4, -0.2) is 29.7 Å². The Balaban J connectivity index is 1.99. The highest BCUT2D eigenvalue weighted by Gasteiger charge is 2.51. The van der Waals surface area contributed by atoms with Crippen LogP contribution in [-0.2, 0) is 16.9 Å². The second-order valence-electron chi connectivity index (χ2n) is 7.42. The van der Waals surface area contributed by atoms with Gasteiger partial charge in [-0.05, 0) is 49.2 Å². The number of hydrogen-bond donors (Lipinski definition) is 1.